The van der Waals surface area contributed by atoms with Gasteiger partial charge in [-0.25, -0.2) is 26.4 Å². The maximum absolute atomic E-state index is 13.7. The van der Waals surface area contributed by atoms with Crippen molar-refractivity contribution in [2.24, 2.45) is 4.99 Å². The summed E-state index contributed by atoms with van der Waals surface area (Å²) in [4.78, 5) is 12.5. The van der Waals surface area contributed by atoms with Gasteiger partial charge in [0.1, 0.15) is 23.6 Å². The monoisotopic (exact) mass is 320 g/mol. The van der Waals surface area contributed by atoms with Gasteiger partial charge in [-0.05, 0) is 19.3 Å². The normalized spacial score (nSPS) is 20.0. The van der Waals surface area contributed by atoms with Gasteiger partial charge < -0.3 is 0 Å². The second-order valence-electron chi connectivity index (χ2n) is 4.51. The van der Waals surface area contributed by atoms with Gasteiger partial charge >= 0.3 is 0 Å². The molecule has 114 valence electrons. The van der Waals surface area contributed by atoms with Crippen LogP contribution in [0.2, 0.25) is 0 Å². The van der Waals surface area contributed by atoms with E-state index in [1.807, 2.05) is 0 Å². The van der Waals surface area contributed by atoms with Crippen LogP contribution in [0, 0.1) is 17.5 Å². The van der Waals surface area contributed by atoms with E-state index in [0.29, 0.717) is 12.8 Å². The highest BCUT2D eigenvalue weighted by atomic mass is 32.2. The predicted molar refractivity (Wildman–Crippen MR) is 66.0 cm³/mol. The number of sulfonamides is 1. The van der Waals surface area contributed by atoms with Crippen molar-refractivity contribution in [2.75, 3.05) is 6.54 Å². The molecule has 1 aliphatic rings. The van der Waals surface area contributed by atoms with E-state index >= 15 is 0 Å². The van der Waals surface area contributed by atoms with Gasteiger partial charge in [-0.1, -0.05) is 0 Å². The van der Waals surface area contributed by atoms with E-state index in [0.717, 1.165) is 4.31 Å². The van der Waals surface area contributed by atoms with Crippen molar-refractivity contribution < 1.29 is 26.4 Å². The van der Waals surface area contributed by atoms with Crippen molar-refractivity contribution in [1.82, 2.24) is 4.31 Å². The van der Waals surface area contributed by atoms with Crippen LogP contribution in [0.3, 0.4) is 0 Å². The Labute approximate surface area is 119 Å². The fourth-order valence-electron chi connectivity index (χ4n) is 2.25. The first kappa shape index (κ1) is 15.7. The standard InChI is InChI=1S/C12H11F3N2O3S/c13-8-5-9(14)12(10(15)6-8)21(19,20)17-4-2-1-3-11(17)16-7-18/h5-6,11H,1-4H2. The Morgan fingerprint density at radius 1 is 1.19 bits per heavy atom. The summed E-state index contributed by atoms with van der Waals surface area (Å²) in [5, 5.41) is 0. The molecule has 9 heteroatoms. The van der Waals surface area contributed by atoms with Crippen molar-refractivity contribution in [3.8, 4) is 0 Å². The van der Waals surface area contributed by atoms with E-state index in [-0.39, 0.29) is 25.1 Å². The lowest BCUT2D eigenvalue weighted by Crippen LogP contribution is -2.43. The zero-order valence-electron chi connectivity index (χ0n) is 10.7. The summed E-state index contributed by atoms with van der Waals surface area (Å²) in [7, 11) is -4.57. The molecule has 2 rings (SSSR count). The number of isocyanates is 1. The summed E-state index contributed by atoms with van der Waals surface area (Å²) in [6.07, 6.45) is 1.54. The molecule has 5 nitrogen and oxygen atoms in total. The minimum absolute atomic E-state index is 0.0333. The van der Waals surface area contributed by atoms with Crippen molar-refractivity contribution >= 4 is 16.1 Å². The van der Waals surface area contributed by atoms with Crippen LogP contribution in [-0.4, -0.2) is 31.5 Å². The average Bonchev–Trinajstić information content (AvgIpc) is 2.37. The first-order valence-electron chi connectivity index (χ1n) is 6.11. The summed E-state index contributed by atoms with van der Waals surface area (Å²) in [5.74, 6) is -4.26. The molecular weight excluding hydrogens is 309 g/mol. The summed E-state index contributed by atoms with van der Waals surface area (Å²) in [6, 6.07) is 0.579. The van der Waals surface area contributed by atoms with Gasteiger partial charge in [-0.15, -0.1) is 0 Å². The number of carbonyl (C=O) groups excluding carboxylic acids is 1. The quantitative estimate of drug-likeness (QED) is 0.631. The van der Waals surface area contributed by atoms with Crippen LogP contribution in [0.1, 0.15) is 19.3 Å². The fourth-order valence-corrected chi connectivity index (χ4v) is 3.94. The third-order valence-corrected chi connectivity index (χ3v) is 5.10. The van der Waals surface area contributed by atoms with Gasteiger partial charge in [0.15, 0.2) is 4.90 Å². The van der Waals surface area contributed by atoms with Crippen molar-refractivity contribution in [1.29, 1.82) is 0 Å². The molecule has 0 radical (unpaired) electrons. The number of nitrogens with zero attached hydrogens (tertiary/aromatic N) is 2. The number of halogens is 3. The number of benzene rings is 1. The molecule has 0 saturated carbocycles. The highest BCUT2D eigenvalue weighted by Gasteiger charge is 2.37. The number of hydrogen-bond donors (Lipinski definition) is 0. The summed E-state index contributed by atoms with van der Waals surface area (Å²) < 4.78 is 65.7. The van der Waals surface area contributed by atoms with Gasteiger partial charge in [0.25, 0.3) is 10.0 Å². The van der Waals surface area contributed by atoms with Gasteiger partial charge in [0, 0.05) is 18.7 Å². The maximum Gasteiger partial charge on any atom is 0.250 e. The highest BCUT2D eigenvalue weighted by molar-refractivity contribution is 7.89. The zero-order chi connectivity index (χ0) is 15.6. The molecular formula is C12H11F3N2O3S. The minimum atomic E-state index is -4.57. The van der Waals surface area contributed by atoms with Crippen LogP contribution < -0.4 is 0 Å². The number of piperidine rings is 1. The van der Waals surface area contributed by atoms with Gasteiger partial charge in [-0.3, -0.25) is 0 Å². The Bertz CT molecular complexity index is 679. The molecule has 0 bridgehead atoms. The maximum atomic E-state index is 13.7. The molecule has 0 aromatic heterocycles. The molecule has 1 heterocycles. The number of rotatable bonds is 3. The van der Waals surface area contributed by atoms with Crippen LogP contribution in [0.25, 0.3) is 0 Å². The molecule has 1 aromatic carbocycles. The number of aliphatic imine (C=N–C) groups is 1. The van der Waals surface area contributed by atoms with Gasteiger partial charge in [-0.2, -0.15) is 9.30 Å². The van der Waals surface area contributed by atoms with Crippen LogP contribution in [0.15, 0.2) is 22.0 Å². The average molecular weight is 320 g/mol. The highest BCUT2D eigenvalue weighted by Crippen LogP contribution is 2.29. The molecule has 1 aliphatic heterocycles. The van der Waals surface area contributed by atoms with E-state index in [2.05, 4.69) is 4.99 Å². The van der Waals surface area contributed by atoms with Crippen LogP contribution in [0.5, 0.6) is 0 Å². The van der Waals surface area contributed by atoms with Gasteiger partial charge in [0.2, 0.25) is 6.08 Å². The Morgan fingerprint density at radius 2 is 1.81 bits per heavy atom. The Hall–Kier alpha value is -1.70. The minimum Gasteiger partial charge on any atom is -0.211 e. The fraction of sp³-hybridized carbons (Fsp3) is 0.417. The van der Waals surface area contributed by atoms with E-state index in [9.17, 15) is 26.4 Å². The third kappa shape index (κ3) is 2.99. The first-order chi connectivity index (χ1) is 9.87. The Kier molecular flexibility index (Phi) is 4.46. The summed E-state index contributed by atoms with van der Waals surface area (Å²) in [5.41, 5.74) is 0. The predicted octanol–water partition coefficient (Wildman–Crippen LogP) is 1.94. The Balaban J connectivity index is 2.53. The lowest BCUT2D eigenvalue weighted by Gasteiger charge is -2.31. The molecule has 1 fully saturated rings. The largest absolute Gasteiger partial charge is 0.250 e. The second kappa shape index (κ2) is 5.97. The second-order valence-corrected chi connectivity index (χ2v) is 6.34. The van der Waals surface area contributed by atoms with E-state index in [1.165, 1.54) is 6.08 Å². The van der Waals surface area contributed by atoms with E-state index in [4.69, 9.17) is 0 Å². The van der Waals surface area contributed by atoms with Crippen LogP contribution in [-0.2, 0) is 14.8 Å². The molecule has 0 N–H and O–H groups in total. The molecule has 1 saturated heterocycles. The summed E-state index contributed by atoms with van der Waals surface area (Å²) >= 11 is 0. The molecule has 1 unspecified atom stereocenters. The van der Waals surface area contributed by atoms with E-state index in [1.54, 1.807) is 0 Å². The SMILES string of the molecule is O=C=NC1CCCCN1S(=O)(=O)c1c(F)cc(F)cc1F. The smallest absolute Gasteiger partial charge is 0.211 e. The van der Waals surface area contributed by atoms with Crippen molar-refractivity contribution in [2.45, 2.75) is 30.3 Å². The third-order valence-electron chi connectivity index (χ3n) is 3.15. The summed E-state index contributed by atoms with van der Waals surface area (Å²) in [6.45, 7) is -0.0333. The molecule has 21 heavy (non-hydrogen) atoms. The number of hydrogen-bond acceptors (Lipinski definition) is 4. The zero-order valence-corrected chi connectivity index (χ0v) is 11.5. The topological polar surface area (TPSA) is 66.8 Å². The lowest BCUT2D eigenvalue weighted by atomic mass is 10.1. The van der Waals surface area contributed by atoms with Gasteiger partial charge in [0.05, 0.1) is 0 Å². The Morgan fingerprint density at radius 3 is 2.38 bits per heavy atom. The van der Waals surface area contributed by atoms with Crippen molar-refractivity contribution in [3.05, 3.63) is 29.6 Å². The molecule has 0 spiro atoms. The molecule has 1 aromatic rings. The molecule has 0 aliphatic carbocycles. The molecule has 0 amide bonds. The lowest BCUT2D eigenvalue weighted by molar-refractivity contribution is 0.257. The first-order valence-corrected chi connectivity index (χ1v) is 7.55. The molecule has 1 atom stereocenters. The van der Waals surface area contributed by atoms with E-state index < -0.39 is 38.5 Å². The van der Waals surface area contributed by atoms with Crippen LogP contribution in [0.4, 0.5) is 13.2 Å². The van der Waals surface area contributed by atoms with Crippen LogP contribution >= 0.6 is 0 Å². The van der Waals surface area contributed by atoms with Crippen molar-refractivity contribution in [3.63, 3.8) is 0 Å².